The van der Waals surface area contributed by atoms with Crippen molar-refractivity contribution in [2.45, 2.75) is 24.7 Å². The average Bonchev–Trinajstić information content (AvgIpc) is 3.07. The smallest absolute Gasteiger partial charge is 0.240 e. The van der Waals surface area contributed by atoms with Crippen LogP contribution in [0.25, 0.3) is 5.57 Å². The number of allylic oxidation sites excluding steroid dienone is 1. The van der Waals surface area contributed by atoms with Gasteiger partial charge < -0.3 is 10.1 Å². The highest BCUT2D eigenvalue weighted by molar-refractivity contribution is 6.31. The molecule has 166 valence electrons. The van der Waals surface area contributed by atoms with Crippen LogP contribution in [0.5, 0.6) is 5.75 Å². The van der Waals surface area contributed by atoms with Crippen molar-refractivity contribution in [1.82, 2.24) is 0 Å². The number of ketones is 1. The Labute approximate surface area is 202 Å². The Morgan fingerprint density at radius 2 is 1.79 bits per heavy atom. The van der Waals surface area contributed by atoms with Crippen LogP contribution in [0, 0.1) is 0 Å². The van der Waals surface area contributed by atoms with Crippen molar-refractivity contribution in [3.8, 4) is 5.75 Å². The second-order valence-electron chi connectivity index (χ2n) is 8.22. The predicted octanol–water partition coefficient (Wildman–Crippen LogP) is 6.42. The highest BCUT2D eigenvalue weighted by Gasteiger charge is 2.58. The number of carbonyl (C=O) groups is 2. The van der Waals surface area contributed by atoms with Gasteiger partial charge in [-0.2, -0.15) is 0 Å². The normalized spacial score (nSPS) is 21.5. The first kappa shape index (κ1) is 21.7. The minimum absolute atomic E-state index is 0.0536. The lowest BCUT2D eigenvalue weighted by Gasteiger charge is -2.41. The fourth-order valence-electron chi connectivity index (χ4n) is 5.15. The van der Waals surface area contributed by atoms with Gasteiger partial charge in [0.15, 0.2) is 5.78 Å². The Bertz CT molecular complexity index is 1320. The van der Waals surface area contributed by atoms with Gasteiger partial charge in [0.05, 0.1) is 6.61 Å². The molecule has 1 N–H and O–H groups in total. The van der Waals surface area contributed by atoms with Gasteiger partial charge in [0.1, 0.15) is 11.2 Å². The highest BCUT2D eigenvalue weighted by atomic mass is 35.5. The van der Waals surface area contributed by atoms with Gasteiger partial charge in [-0.3, -0.25) is 9.59 Å². The number of amides is 1. The zero-order valence-corrected chi connectivity index (χ0v) is 19.4. The molecule has 4 nitrogen and oxygen atoms in total. The first-order valence-corrected chi connectivity index (χ1v) is 11.5. The minimum Gasteiger partial charge on any atom is -0.493 e. The molecule has 1 spiro atoms. The molecule has 33 heavy (non-hydrogen) atoms. The summed E-state index contributed by atoms with van der Waals surface area (Å²) >= 11 is 12.6. The monoisotopic (exact) mass is 477 g/mol. The van der Waals surface area contributed by atoms with Crippen molar-refractivity contribution in [1.29, 1.82) is 0 Å². The van der Waals surface area contributed by atoms with Gasteiger partial charge in [0.25, 0.3) is 0 Å². The van der Waals surface area contributed by atoms with E-state index in [1.54, 1.807) is 24.3 Å². The molecule has 1 aliphatic heterocycles. The van der Waals surface area contributed by atoms with E-state index < -0.39 is 11.3 Å². The number of benzene rings is 3. The van der Waals surface area contributed by atoms with Crippen LogP contribution in [0.15, 0.2) is 72.8 Å². The van der Waals surface area contributed by atoms with Crippen molar-refractivity contribution in [3.63, 3.8) is 0 Å². The number of para-hydroxylation sites is 1. The van der Waals surface area contributed by atoms with Crippen LogP contribution in [-0.2, 0) is 15.0 Å². The van der Waals surface area contributed by atoms with Gasteiger partial charge >= 0.3 is 0 Å². The molecule has 0 saturated carbocycles. The molecule has 3 aromatic rings. The van der Waals surface area contributed by atoms with Crippen molar-refractivity contribution >= 4 is 46.2 Å². The molecule has 1 heterocycles. The SMILES string of the molecule is CCOc1ccccc1C1=CC(=O)C[C@@H](c2cccc(Cl)c2)[C@]12C(=O)Nc1cc(Cl)ccc12. The van der Waals surface area contributed by atoms with Gasteiger partial charge in [0, 0.05) is 33.6 Å². The molecule has 0 bridgehead atoms. The van der Waals surface area contributed by atoms with E-state index in [-0.39, 0.29) is 18.1 Å². The number of ether oxygens (including phenoxy) is 1. The maximum atomic E-state index is 14.0. The Morgan fingerprint density at radius 3 is 2.58 bits per heavy atom. The highest BCUT2D eigenvalue weighted by Crippen LogP contribution is 2.59. The number of hydrogen-bond donors (Lipinski definition) is 1. The van der Waals surface area contributed by atoms with Crippen LogP contribution >= 0.6 is 23.2 Å². The summed E-state index contributed by atoms with van der Waals surface area (Å²) in [6, 6.07) is 20.3. The third kappa shape index (κ3) is 3.45. The summed E-state index contributed by atoms with van der Waals surface area (Å²) < 4.78 is 5.90. The molecule has 0 aromatic heterocycles. The summed E-state index contributed by atoms with van der Waals surface area (Å²) in [5.74, 6) is -0.0851. The third-order valence-electron chi connectivity index (χ3n) is 6.40. The van der Waals surface area contributed by atoms with E-state index in [9.17, 15) is 9.59 Å². The Hall–Kier alpha value is -3.08. The van der Waals surface area contributed by atoms with E-state index in [0.717, 1.165) is 16.7 Å². The Morgan fingerprint density at radius 1 is 1.00 bits per heavy atom. The van der Waals surface area contributed by atoms with Crippen LogP contribution in [0.3, 0.4) is 0 Å². The van der Waals surface area contributed by atoms with Gasteiger partial charge in [-0.1, -0.05) is 59.6 Å². The number of fused-ring (bicyclic) bond motifs is 2. The molecular formula is C27H21Cl2NO3. The van der Waals surface area contributed by atoms with E-state index >= 15 is 0 Å². The molecule has 1 amide bonds. The number of carbonyl (C=O) groups excluding carboxylic acids is 2. The molecular weight excluding hydrogens is 457 g/mol. The lowest BCUT2D eigenvalue weighted by Crippen LogP contribution is -2.45. The van der Waals surface area contributed by atoms with Crippen LogP contribution in [0.2, 0.25) is 10.0 Å². The molecule has 3 aromatic carbocycles. The summed E-state index contributed by atoms with van der Waals surface area (Å²) in [7, 11) is 0. The molecule has 5 rings (SSSR count). The maximum Gasteiger partial charge on any atom is 0.240 e. The number of hydrogen-bond acceptors (Lipinski definition) is 3. The van der Waals surface area contributed by atoms with E-state index in [1.165, 1.54) is 0 Å². The molecule has 0 fully saturated rings. The minimum atomic E-state index is -1.15. The first-order valence-electron chi connectivity index (χ1n) is 10.8. The molecule has 1 aliphatic carbocycles. The number of anilines is 1. The number of halogens is 2. The summed E-state index contributed by atoms with van der Waals surface area (Å²) in [6.45, 7) is 2.36. The largest absolute Gasteiger partial charge is 0.493 e. The van der Waals surface area contributed by atoms with Crippen molar-refractivity contribution in [2.24, 2.45) is 0 Å². The predicted molar refractivity (Wildman–Crippen MR) is 131 cm³/mol. The number of rotatable bonds is 4. The topological polar surface area (TPSA) is 55.4 Å². The van der Waals surface area contributed by atoms with Crippen LogP contribution < -0.4 is 10.1 Å². The van der Waals surface area contributed by atoms with E-state index in [4.69, 9.17) is 27.9 Å². The summed E-state index contributed by atoms with van der Waals surface area (Å²) in [4.78, 5) is 27.1. The van der Waals surface area contributed by atoms with Gasteiger partial charge in [-0.15, -0.1) is 0 Å². The molecule has 2 aliphatic rings. The molecule has 0 radical (unpaired) electrons. The van der Waals surface area contributed by atoms with E-state index in [0.29, 0.717) is 33.7 Å². The van der Waals surface area contributed by atoms with Crippen molar-refractivity contribution in [3.05, 3.63) is 99.5 Å². The molecule has 2 atom stereocenters. The molecule has 0 unspecified atom stereocenters. The summed E-state index contributed by atoms with van der Waals surface area (Å²) in [5, 5.41) is 4.11. The van der Waals surface area contributed by atoms with Crippen LogP contribution in [0.1, 0.15) is 36.0 Å². The first-order chi connectivity index (χ1) is 15.9. The lowest BCUT2D eigenvalue weighted by atomic mass is 9.58. The lowest BCUT2D eigenvalue weighted by molar-refractivity contribution is -0.121. The fourth-order valence-corrected chi connectivity index (χ4v) is 5.52. The van der Waals surface area contributed by atoms with Gasteiger partial charge in [-0.05, 0) is 60.0 Å². The average molecular weight is 478 g/mol. The standard InChI is InChI=1S/C27H21Cl2NO3/c1-2-33-25-9-4-3-8-20(25)23-15-19(31)14-22(16-6-5-7-17(28)12-16)27(23)21-11-10-18(29)13-24(21)30-26(27)32/h3-13,15,22H,2,14H2,1H3,(H,30,32)/t22-,27-/m0/s1. The second kappa shape index (κ2) is 8.36. The zero-order chi connectivity index (χ0) is 23.2. The number of nitrogens with one attached hydrogen (secondary N) is 1. The van der Waals surface area contributed by atoms with E-state index in [1.807, 2.05) is 55.5 Å². The summed E-state index contributed by atoms with van der Waals surface area (Å²) in [5.41, 5.74) is 2.45. The maximum absolute atomic E-state index is 14.0. The Balaban J connectivity index is 1.85. The van der Waals surface area contributed by atoms with Crippen molar-refractivity contribution < 1.29 is 14.3 Å². The van der Waals surface area contributed by atoms with Gasteiger partial charge in [-0.25, -0.2) is 0 Å². The zero-order valence-electron chi connectivity index (χ0n) is 17.9. The quantitative estimate of drug-likeness (QED) is 0.471. The molecule has 6 heteroatoms. The van der Waals surface area contributed by atoms with E-state index in [2.05, 4.69) is 5.32 Å². The second-order valence-corrected chi connectivity index (χ2v) is 9.09. The van der Waals surface area contributed by atoms with Crippen molar-refractivity contribution in [2.75, 3.05) is 11.9 Å². The Kier molecular flexibility index (Phi) is 5.51. The van der Waals surface area contributed by atoms with Gasteiger partial charge in [0.2, 0.25) is 5.91 Å². The molecule has 0 saturated heterocycles. The van der Waals surface area contributed by atoms with Crippen LogP contribution in [-0.4, -0.2) is 18.3 Å². The third-order valence-corrected chi connectivity index (χ3v) is 6.87. The van der Waals surface area contributed by atoms with Crippen LogP contribution in [0.4, 0.5) is 5.69 Å². The summed E-state index contributed by atoms with van der Waals surface area (Å²) in [6.07, 6.45) is 1.78. The fraction of sp³-hybridized carbons (Fsp3) is 0.185.